The van der Waals surface area contributed by atoms with E-state index in [4.69, 9.17) is 0 Å². The fourth-order valence-corrected chi connectivity index (χ4v) is 3.52. The summed E-state index contributed by atoms with van der Waals surface area (Å²) in [5, 5.41) is 3.61. The van der Waals surface area contributed by atoms with E-state index in [9.17, 15) is 4.79 Å². The smallest absolute Gasteiger partial charge is 0.239 e. The maximum Gasteiger partial charge on any atom is 0.239 e. The van der Waals surface area contributed by atoms with E-state index in [1.165, 1.54) is 51.4 Å². The van der Waals surface area contributed by atoms with E-state index in [-0.39, 0.29) is 6.04 Å². The fraction of sp³-hybridized carbons (Fsp3) is 0.938. The first-order valence-corrected chi connectivity index (χ1v) is 8.23. The molecule has 0 bridgehead atoms. The van der Waals surface area contributed by atoms with Crippen LogP contribution in [0.15, 0.2) is 0 Å². The molecule has 19 heavy (non-hydrogen) atoms. The van der Waals surface area contributed by atoms with E-state index < -0.39 is 0 Å². The topological polar surface area (TPSA) is 32.3 Å². The summed E-state index contributed by atoms with van der Waals surface area (Å²) in [5.41, 5.74) is 0. The van der Waals surface area contributed by atoms with Crippen molar-refractivity contribution in [3.63, 3.8) is 0 Å². The highest BCUT2D eigenvalue weighted by Gasteiger charge is 2.26. The predicted molar refractivity (Wildman–Crippen MR) is 79.1 cm³/mol. The molecule has 1 N–H and O–H groups in total. The van der Waals surface area contributed by atoms with E-state index in [1.54, 1.807) is 0 Å². The summed E-state index contributed by atoms with van der Waals surface area (Å²) in [6.07, 6.45) is 10.2. The van der Waals surface area contributed by atoms with Crippen molar-refractivity contribution in [1.29, 1.82) is 0 Å². The second-order valence-electron chi connectivity index (χ2n) is 6.50. The normalized spacial score (nSPS) is 30.7. The van der Waals surface area contributed by atoms with Crippen molar-refractivity contribution >= 4 is 5.91 Å². The number of hydrogen-bond donors (Lipinski definition) is 1. The van der Waals surface area contributed by atoms with E-state index in [0.717, 1.165) is 13.1 Å². The summed E-state index contributed by atoms with van der Waals surface area (Å²) in [7, 11) is 0. The third kappa shape index (κ3) is 4.20. The third-order valence-corrected chi connectivity index (χ3v) is 4.86. The van der Waals surface area contributed by atoms with Gasteiger partial charge in [0.15, 0.2) is 0 Å². The number of carbonyl (C=O) groups excluding carboxylic acids is 1. The van der Waals surface area contributed by atoms with Crippen LogP contribution in [-0.2, 0) is 4.79 Å². The van der Waals surface area contributed by atoms with Gasteiger partial charge in [0.05, 0.1) is 6.04 Å². The molecule has 3 unspecified atom stereocenters. The number of carbonyl (C=O) groups is 1. The summed E-state index contributed by atoms with van der Waals surface area (Å²) in [6.45, 7) is 6.31. The molecule has 0 radical (unpaired) electrons. The number of nitrogens with one attached hydrogen (secondary N) is 1. The van der Waals surface area contributed by atoms with Crippen LogP contribution in [-0.4, -0.2) is 36.0 Å². The molecule has 0 aromatic carbocycles. The Morgan fingerprint density at radius 1 is 1.05 bits per heavy atom. The summed E-state index contributed by atoms with van der Waals surface area (Å²) in [4.78, 5) is 14.5. The average molecular weight is 266 g/mol. The van der Waals surface area contributed by atoms with Gasteiger partial charge in [-0.25, -0.2) is 0 Å². The zero-order valence-corrected chi connectivity index (χ0v) is 12.7. The van der Waals surface area contributed by atoms with Crippen LogP contribution in [0.5, 0.6) is 0 Å². The number of piperidine rings is 1. The van der Waals surface area contributed by atoms with Gasteiger partial charge in [-0.2, -0.15) is 0 Å². The van der Waals surface area contributed by atoms with Crippen LogP contribution in [0, 0.1) is 5.92 Å². The Balaban J connectivity index is 1.84. The molecule has 1 amide bonds. The number of likely N-dealkylation sites (tertiary alicyclic amines) is 1. The van der Waals surface area contributed by atoms with Gasteiger partial charge >= 0.3 is 0 Å². The number of rotatable bonds is 3. The molecule has 0 spiro atoms. The number of amides is 1. The first kappa shape index (κ1) is 14.8. The van der Waals surface area contributed by atoms with E-state index in [1.807, 2.05) is 0 Å². The highest BCUT2D eigenvalue weighted by molar-refractivity contribution is 5.81. The van der Waals surface area contributed by atoms with Crippen LogP contribution in [0.25, 0.3) is 0 Å². The maximum absolute atomic E-state index is 12.4. The molecule has 2 rings (SSSR count). The van der Waals surface area contributed by atoms with E-state index in [0.29, 0.717) is 17.9 Å². The summed E-state index contributed by atoms with van der Waals surface area (Å²) < 4.78 is 0. The maximum atomic E-state index is 12.4. The SMILES string of the molecule is CC(NC1CCCCCC1C)C(=O)N1CCCCC1. The molecule has 2 aliphatic rings. The van der Waals surface area contributed by atoms with Crippen molar-refractivity contribution in [2.24, 2.45) is 5.92 Å². The van der Waals surface area contributed by atoms with Crippen LogP contribution < -0.4 is 5.32 Å². The van der Waals surface area contributed by atoms with E-state index in [2.05, 4.69) is 24.1 Å². The second kappa shape index (κ2) is 7.28. The molecular weight excluding hydrogens is 236 g/mol. The van der Waals surface area contributed by atoms with Gasteiger partial charge in [-0.05, 0) is 44.9 Å². The van der Waals surface area contributed by atoms with Gasteiger partial charge in [0.2, 0.25) is 5.91 Å². The lowest BCUT2D eigenvalue weighted by atomic mass is 9.96. The summed E-state index contributed by atoms with van der Waals surface area (Å²) in [5.74, 6) is 1.02. The Hall–Kier alpha value is -0.570. The van der Waals surface area contributed by atoms with Gasteiger partial charge in [-0.3, -0.25) is 4.79 Å². The lowest BCUT2D eigenvalue weighted by Gasteiger charge is -2.32. The van der Waals surface area contributed by atoms with Crippen molar-refractivity contribution in [1.82, 2.24) is 10.2 Å². The van der Waals surface area contributed by atoms with Crippen molar-refractivity contribution in [2.45, 2.75) is 77.3 Å². The number of nitrogens with zero attached hydrogens (tertiary/aromatic N) is 1. The van der Waals surface area contributed by atoms with Crippen molar-refractivity contribution in [3.8, 4) is 0 Å². The lowest BCUT2D eigenvalue weighted by molar-refractivity contribution is -0.134. The Morgan fingerprint density at radius 2 is 1.68 bits per heavy atom. The molecule has 2 fully saturated rings. The Kier molecular flexibility index (Phi) is 5.68. The molecule has 1 aliphatic heterocycles. The predicted octanol–water partition coefficient (Wildman–Crippen LogP) is 2.95. The summed E-state index contributed by atoms with van der Waals surface area (Å²) in [6, 6.07) is 0.523. The van der Waals surface area contributed by atoms with Crippen LogP contribution in [0.3, 0.4) is 0 Å². The molecule has 0 aromatic rings. The molecule has 1 saturated heterocycles. The zero-order valence-electron chi connectivity index (χ0n) is 12.7. The zero-order chi connectivity index (χ0) is 13.7. The molecule has 1 heterocycles. The number of hydrogen-bond acceptors (Lipinski definition) is 2. The van der Waals surface area contributed by atoms with Gasteiger partial charge < -0.3 is 10.2 Å². The van der Waals surface area contributed by atoms with Crippen LogP contribution in [0.4, 0.5) is 0 Å². The van der Waals surface area contributed by atoms with Crippen LogP contribution >= 0.6 is 0 Å². The molecule has 0 aromatic heterocycles. The molecule has 3 nitrogen and oxygen atoms in total. The molecule has 1 aliphatic carbocycles. The van der Waals surface area contributed by atoms with Gasteiger partial charge in [0, 0.05) is 19.1 Å². The van der Waals surface area contributed by atoms with Crippen LogP contribution in [0.2, 0.25) is 0 Å². The van der Waals surface area contributed by atoms with Gasteiger partial charge in [0.1, 0.15) is 0 Å². The van der Waals surface area contributed by atoms with E-state index >= 15 is 0 Å². The minimum atomic E-state index is -0.0105. The van der Waals surface area contributed by atoms with Crippen LogP contribution in [0.1, 0.15) is 65.2 Å². The molecule has 3 heteroatoms. The molecule has 1 saturated carbocycles. The first-order valence-electron chi connectivity index (χ1n) is 8.23. The molecule has 110 valence electrons. The molecular formula is C16H30N2O. The van der Waals surface area contributed by atoms with Crippen molar-refractivity contribution < 1.29 is 4.79 Å². The Labute approximate surface area is 118 Å². The Morgan fingerprint density at radius 3 is 2.42 bits per heavy atom. The molecule has 3 atom stereocenters. The Bertz CT molecular complexity index is 286. The minimum Gasteiger partial charge on any atom is -0.341 e. The highest BCUT2D eigenvalue weighted by atomic mass is 16.2. The second-order valence-corrected chi connectivity index (χ2v) is 6.50. The average Bonchev–Trinajstić information content (AvgIpc) is 2.64. The van der Waals surface area contributed by atoms with Gasteiger partial charge in [-0.1, -0.05) is 26.2 Å². The monoisotopic (exact) mass is 266 g/mol. The quantitative estimate of drug-likeness (QED) is 0.797. The van der Waals surface area contributed by atoms with Crippen molar-refractivity contribution in [2.75, 3.05) is 13.1 Å². The first-order chi connectivity index (χ1) is 9.18. The lowest BCUT2D eigenvalue weighted by Crippen LogP contribution is -2.51. The third-order valence-electron chi connectivity index (χ3n) is 4.86. The summed E-state index contributed by atoms with van der Waals surface area (Å²) >= 11 is 0. The minimum absolute atomic E-state index is 0.0105. The van der Waals surface area contributed by atoms with Crippen molar-refractivity contribution in [3.05, 3.63) is 0 Å². The highest BCUT2D eigenvalue weighted by Crippen LogP contribution is 2.23. The standard InChI is InChI=1S/C16H30N2O/c1-13-9-5-3-6-10-15(13)17-14(2)16(19)18-11-7-4-8-12-18/h13-15,17H,3-12H2,1-2H3. The largest absolute Gasteiger partial charge is 0.341 e. The van der Waals surface area contributed by atoms with Gasteiger partial charge in [0.25, 0.3) is 0 Å². The van der Waals surface area contributed by atoms with Gasteiger partial charge in [-0.15, -0.1) is 0 Å². The fourth-order valence-electron chi connectivity index (χ4n) is 3.52.